The van der Waals surface area contributed by atoms with Gasteiger partial charge in [-0.1, -0.05) is 222 Å². The molecule has 0 aromatic rings. The Morgan fingerprint density at radius 3 is 0.822 bits per heavy atom. The first kappa shape index (κ1) is 67.5. The summed E-state index contributed by atoms with van der Waals surface area (Å²) < 4.78 is 16.7. The van der Waals surface area contributed by atoms with Crippen LogP contribution < -0.4 is 0 Å². The highest BCUT2D eigenvalue weighted by Crippen LogP contribution is 2.11. The quantitative estimate of drug-likeness (QED) is 0.0262. The molecule has 0 saturated heterocycles. The molecule has 0 aromatic heterocycles. The van der Waals surface area contributed by atoms with Gasteiger partial charge in [0.15, 0.2) is 6.10 Å². The molecule has 0 radical (unpaired) electrons. The number of ether oxygens (including phenoxy) is 3. The van der Waals surface area contributed by atoms with Crippen LogP contribution in [0.4, 0.5) is 0 Å². The summed E-state index contributed by atoms with van der Waals surface area (Å²) in [5.41, 5.74) is 0. The van der Waals surface area contributed by atoms with Crippen LogP contribution in [0.5, 0.6) is 0 Å². The van der Waals surface area contributed by atoms with Gasteiger partial charge in [-0.05, 0) is 141 Å². The number of hydrogen-bond donors (Lipinski definition) is 0. The first-order valence-corrected chi connectivity index (χ1v) is 28.3. The molecule has 404 valence electrons. The van der Waals surface area contributed by atoms with Gasteiger partial charge in [-0.2, -0.15) is 0 Å². The second-order valence-electron chi connectivity index (χ2n) is 17.7. The molecule has 0 aromatic carbocycles. The smallest absolute Gasteiger partial charge is 0.306 e. The first-order valence-electron chi connectivity index (χ1n) is 28.3. The third kappa shape index (κ3) is 57.3. The first-order chi connectivity index (χ1) is 36.0. The van der Waals surface area contributed by atoms with Crippen molar-refractivity contribution in [2.45, 2.75) is 207 Å². The summed E-state index contributed by atoms with van der Waals surface area (Å²) in [6.45, 7) is 6.15. The van der Waals surface area contributed by atoms with Gasteiger partial charge in [0, 0.05) is 19.3 Å². The molecule has 6 nitrogen and oxygen atoms in total. The normalized spacial score (nSPS) is 13.5. The molecular weight excluding hydrogens is 901 g/mol. The Morgan fingerprint density at radius 2 is 0.521 bits per heavy atom. The van der Waals surface area contributed by atoms with E-state index in [0.717, 1.165) is 154 Å². The van der Waals surface area contributed by atoms with Gasteiger partial charge in [0.05, 0.1) is 0 Å². The minimum Gasteiger partial charge on any atom is -0.462 e. The van der Waals surface area contributed by atoms with Crippen molar-refractivity contribution in [1.82, 2.24) is 0 Å². The van der Waals surface area contributed by atoms with E-state index in [-0.39, 0.29) is 31.6 Å². The summed E-state index contributed by atoms with van der Waals surface area (Å²) in [5, 5.41) is 0. The van der Waals surface area contributed by atoms with E-state index in [0.29, 0.717) is 19.3 Å². The van der Waals surface area contributed by atoms with Crippen LogP contribution in [0.15, 0.2) is 182 Å². The SMILES string of the molecule is CC/C=C\C/C=C\C/C=C\C/C=C\C/C=C\C/C=C\C/C=C\C/C=C\CCCCCCC(=O)OCC(COC(=O)CCCCC/C=C\C/C=C\C/C=C\CC)OC(=O)CC/C=C\C/C=C\C/C=C\C/C=C\CC. The largest absolute Gasteiger partial charge is 0.462 e. The van der Waals surface area contributed by atoms with E-state index in [1.807, 2.05) is 12.2 Å². The number of esters is 3. The van der Waals surface area contributed by atoms with Crippen molar-refractivity contribution in [2.75, 3.05) is 13.2 Å². The number of carbonyl (C=O) groups excluding carboxylic acids is 3. The summed E-state index contributed by atoms with van der Waals surface area (Å²) in [6, 6.07) is 0. The topological polar surface area (TPSA) is 78.9 Å². The number of hydrogen-bond acceptors (Lipinski definition) is 6. The highest BCUT2D eigenvalue weighted by atomic mass is 16.6. The zero-order valence-corrected chi connectivity index (χ0v) is 46.1. The van der Waals surface area contributed by atoms with Gasteiger partial charge in [0.2, 0.25) is 0 Å². The Labute approximate surface area is 446 Å². The maximum Gasteiger partial charge on any atom is 0.306 e. The lowest BCUT2D eigenvalue weighted by molar-refractivity contribution is -0.166. The van der Waals surface area contributed by atoms with Gasteiger partial charge >= 0.3 is 17.9 Å². The lowest BCUT2D eigenvalue weighted by Gasteiger charge is -2.18. The second-order valence-corrected chi connectivity index (χ2v) is 17.7. The summed E-state index contributed by atoms with van der Waals surface area (Å²) >= 11 is 0. The van der Waals surface area contributed by atoms with Crippen LogP contribution in [0.1, 0.15) is 201 Å². The van der Waals surface area contributed by atoms with Crippen molar-refractivity contribution in [2.24, 2.45) is 0 Å². The molecule has 0 aliphatic rings. The molecule has 0 amide bonds. The van der Waals surface area contributed by atoms with Crippen molar-refractivity contribution in [3.63, 3.8) is 0 Å². The summed E-state index contributed by atoms with van der Waals surface area (Å²) in [7, 11) is 0. The van der Waals surface area contributed by atoms with Gasteiger partial charge in [0.1, 0.15) is 13.2 Å². The molecular formula is C67H100O6. The van der Waals surface area contributed by atoms with Crippen LogP contribution in [0, 0.1) is 0 Å². The van der Waals surface area contributed by atoms with Crippen LogP contribution in [0.2, 0.25) is 0 Å². The van der Waals surface area contributed by atoms with Crippen molar-refractivity contribution in [3.8, 4) is 0 Å². The zero-order chi connectivity index (χ0) is 52.9. The lowest BCUT2D eigenvalue weighted by atomic mass is 10.1. The summed E-state index contributed by atoms with van der Waals surface area (Å²) in [6.07, 6.45) is 89.1. The standard InChI is InChI=1S/C67H100O6/c1-4-7-10-13-16-19-22-25-26-27-28-29-30-31-32-33-34-35-36-37-38-39-40-43-45-48-51-54-57-60-66(69)72-63-64(73-67(70)61-58-55-52-49-46-42-24-21-18-15-12-9-6-3)62-71-65(68)59-56-53-50-47-44-41-23-20-17-14-11-8-5-2/h7-12,16-21,25-26,28-29,31-32,34-35,37-38,40-44,46,52,55,64H,4-6,13-15,22-24,27,30,33,36,39,45,47-51,53-54,56-63H2,1-3H3/b10-7-,11-8-,12-9-,19-16-,20-17-,21-18-,26-25-,29-28-,32-31-,35-34-,38-37-,43-40-,44-41-,46-42-,55-52-. The zero-order valence-electron chi connectivity index (χ0n) is 46.1. The number of carbonyl (C=O) groups is 3. The van der Waals surface area contributed by atoms with Gasteiger partial charge in [0.25, 0.3) is 0 Å². The molecule has 1 atom stereocenters. The minimum atomic E-state index is -0.849. The number of allylic oxidation sites excluding steroid dienone is 30. The van der Waals surface area contributed by atoms with E-state index >= 15 is 0 Å². The van der Waals surface area contributed by atoms with E-state index in [1.54, 1.807) is 0 Å². The molecule has 0 heterocycles. The highest BCUT2D eigenvalue weighted by Gasteiger charge is 2.19. The maximum atomic E-state index is 12.8. The van der Waals surface area contributed by atoms with Crippen LogP contribution in [0.3, 0.4) is 0 Å². The highest BCUT2D eigenvalue weighted by molar-refractivity contribution is 5.71. The molecule has 0 fully saturated rings. The van der Waals surface area contributed by atoms with Crippen molar-refractivity contribution < 1.29 is 28.6 Å². The molecule has 0 N–H and O–H groups in total. The Balaban J connectivity index is 4.46. The predicted octanol–water partition coefficient (Wildman–Crippen LogP) is 19.3. The van der Waals surface area contributed by atoms with Gasteiger partial charge in [-0.3, -0.25) is 14.4 Å². The molecule has 0 bridgehead atoms. The molecule has 73 heavy (non-hydrogen) atoms. The third-order valence-electron chi connectivity index (χ3n) is 10.9. The average molecular weight is 1000 g/mol. The van der Waals surface area contributed by atoms with Crippen molar-refractivity contribution >= 4 is 17.9 Å². The third-order valence-corrected chi connectivity index (χ3v) is 10.9. The van der Waals surface area contributed by atoms with Crippen LogP contribution in [-0.2, 0) is 28.6 Å². The Kier molecular flexibility index (Phi) is 54.6. The van der Waals surface area contributed by atoms with Crippen molar-refractivity contribution in [3.05, 3.63) is 182 Å². The molecule has 0 aliphatic carbocycles. The van der Waals surface area contributed by atoms with Gasteiger partial charge in [-0.15, -0.1) is 0 Å². The monoisotopic (exact) mass is 1000 g/mol. The molecule has 0 saturated carbocycles. The summed E-state index contributed by atoms with van der Waals surface area (Å²) in [5.74, 6) is -1.09. The fourth-order valence-electron chi connectivity index (χ4n) is 6.78. The lowest BCUT2D eigenvalue weighted by Crippen LogP contribution is -2.30. The van der Waals surface area contributed by atoms with Crippen LogP contribution in [-0.4, -0.2) is 37.2 Å². The Morgan fingerprint density at radius 1 is 0.274 bits per heavy atom. The van der Waals surface area contributed by atoms with Gasteiger partial charge < -0.3 is 14.2 Å². The van der Waals surface area contributed by atoms with E-state index in [9.17, 15) is 14.4 Å². The molecule has 0 rings (SSSR count). The average Bonchev–Trinajstić information content (AvgIpc) is 3.39. The predicted molar refractivity (Wildman–Crippen MR) is 315 cm³/mol. The fourth-order valence-corrected chi connectivity index (χ4v) is 6.78. The Bertz CT molecular complexity index is 1770. The summed E-state index contributed by atoms with van der Waals surface area (Å²) in [4.78, 5) is 38.0. The molecule has 6 heteroatoms. The molecule has 0 spiro atoms. The minimum absolute atomic E-state index is 0.139. The van der Waals surface area contributed by atoms with Crippen molar-refractivity contribution in [1.29, 1.82) is 0 Å². The molecule has 1 unspecified atom stereocenters. The van der Waals surface area contributed by atoms with Crippen LogP contribution in [0.25, 0.3) is 0 Å². The fraction of sp³-hybridized carbons (Fsp3) is 0.507. The van der Waals surface area contributed by atoms with Gasteiger partial charge in [-0.25, -0.2) is 0 Å². The van der Waals surface area contributed by atoms with E-state index in [1.165, 1.54) is 0 Å². The van der Waals surface area contributed by atoms with Crippen LogP contribution >= 0.6 is 0 Å². The van der Waals surface area contributed by atoms with E-state index in [4.69, 9.17) is 14.2 Å². The maximum absolute atomic E-state index is 12.8. The number of rotatable bonds is 48. The second kappa shape index (κ2) is 59.1. The Hall–Kier alpha value is -5.49. The molecule has 0 aliphatic heterocycles. The van der Waals surface area contributed by atoms with E-state index in [2.05, 4.69) is 191 Å². The van der Waals surface area contributed by atoms with E-state index < -0.39 is 12.1 Å². The number of unbranched alkanes of at least 4 members (excludes halogenated alkanes) is 7.